The van der Waals surface area contributed by atoms with E-state index in [2.05, 4.69) is 31.0 Å². The van der Waals surface area contributed by atoms with Crippen LogP contribution in [0.15, 0.2) is 12.1 Å². The zero-order valence-electron chi connectivity index (χ0n) is 10.0. The van der Waals surface area contributed by atoms with Gasteiger partial charge in [0.1, 0.15) is 0 Å². The maximum atomic E-state index is 10.1. The molecule has 0 fully saturated rings. The normalized spacial score (nSPS) is 28.9. The Hall–Kier alpha value is -0.860. The van der Waals surface area contributed by atoms with Crippen molar-refractivity contribution in [3.63, 3.8) is 0 Å². The van der Waals surface area contributed by atoms with Crippen molar-refractivity contribution in [3.8, 4) is 0 Å². The highest BCUT2D eigenvalue weighted by atomic mass is 16.3. The van der Waals surface area contributed by atoms with Gasteiger partial charge in [0.15, 0.2) is 0 Å². The predicted molar refractivity (Wildman–Crippen MR) is 64.4 cm³/mol. The molecule has 1 heterocycles. The van der Waals surface area contributed by atoms with Crippen LogP contribution in [0, 0.1) is 6.92 Å². The molecular formula is C14H19NO. The zero-order chi connectivity index (χ0) is 11.3. The summed E-state index contributed by atoms with van der Waals surface area (Å²) in [4.78, 5) is 2.40. The van der Waals surface area contributed by atoms with E-state index in [1.165, 1.54) is 22.3 Å². The van der Waals surface area contributed by atoms with Gasteiger partial charge >= 0.3 is 0 Å². The summed E-state index contributed by atoms with van der Waals surface area (Å²) < 4.78 is 0. The fourth-order valence-corrected chi connectivity index (χ4v) is 3.38. The summed E-state index contributed by atoms with van der Waals surface area (Å²) in [6.07, 6.45) is 1.83. The third kappa shape index (κ3) is 1.48. The Morgan fingerprint density at radius 2 is 2.12 bits per heavy atom. The lowest BCUT2D eigenvalue weighted by atomic mass is 9.76. The molecule has 3 rings (SSSR count). The molecule has 1 N–H and O–H groups in total. The van der Waals surface area contributed by atoms with Crippen LogP contribution in [-0.2, 0) is 6.54 Å². The summed E-state index contributed by atoms with van der Waals surface area (Å²) in [5.41, 5.74) is 5.39. The number of aliphatic hydroxyl groups is 1. The van der Waals surface area contributed by atoms with Crippen LogP contribution < -0.4 is 0 Å². The average Bonchev–Trinajstić information content (AvgIpc) is 2.22. The third-order valence-corrected chi connectivity index (χ3v) is 3.97. The Morgan fingerprint density at radius 1 is 1.31 bits per heavy atom. The second-order valence-corrected chi connectivity index (χ2v) is 5.41. The van der Waals surface area contributed by atoms with Crippen LogP contribution in [-0.4, -0.2) is 23.6 Å². The van der Waals surface area contributed by atoms with Gasteiger partial charge in [0.2, 0.25) is 0 Å². The Labute approximate surface area is 96.9 Å². The third-order valence-electron chi connectivity index (χ3n) is 3.97. The molecule has 0 bridgehead atoms. The summed E-state index contributed by atoms with van der Waals surface area (Å²) in [5, 5.41) is 10.1. The van der Waals surface area contributed by atoms with E-state index in [-0.39, 0.29) is 6.10 Å². The van der Waals surface area contributed by atoms with Crippen LogP contribution in [0.5, 0.6) is 0 Å². The number of aryl methyl sites for hydroxylation is 1. The topological polar surface area (TPSA) is 23.5 Å². The maximum absolute atomic E-state index is 10.1. The zero-order valence-corrected chi connectivity index (χ0v) is 10.0. The highest BCUT2D eigenvalue weighted by Gasteiger charge is 2.32. The smallest absolute Gasteiger partial charge is 0.0793 e. The lowest BCUT2D eigenvalue weighted by Gasteiger charge is -2.38. The van der Waals surface area contributed by atoms with Crippen LogP contribution in [0.1, 0.15) is 47.1 Å². The van der Waals surface area contributed by atoms with E-state index in [0.717, 1.165) is 25.9 Å². The number of likely N-dealkylation sites (N-methyl/N-ethyl adjacent to an activating group) is 1. The molecule has 1 aromatic carbocycles. The second kappa shape index (κ2) is 3.57. The van der Waals surface area contributed by atoms with Gasteiger partial charge in [-0.05, 0) is 49.4 Å². The Balaban J connectivity index is 2.18. The second-order valence-electron chi connectivity index (χ2n) is 5.41. The van der Waals surface area contributed by atoms with Crippen molar-refractivity contribution in [2.75, 3.05) is 13.6 Å². The summed E-state index contributed by atoms with van der Waals surface area (Å²) in [6.45, 7) is 4.31. The molecule has 0 spiro atoms. The summed E-state index contributed by atoms with van der Waals surface area (Å²) >= 11 is 0. The number of nitrogens with zero attached hydrogens (tertiary/aromatic N) is 1. The van der Waals surface area contributed by atoms with Crippen molar-refractivity contribution in [2.45, 2.75) is 38.3 Å². The van der Waals surface area contributed by atoms with Gasteiger partial charge in [-0.1, -0.05) is 17.7 Å². The average molecular weight is 217 g/mol. The van der Waals surface area contributed by atoms with Crippen molar-refractivity contribution in [3.05, 3.63) is 34.4 Å². The minimum absolute atomic E-state index is 0.228. The number of benzene rings is 1. The lowest BCUT2D eigenvalue weighted by Crippen LogP contribution is -2.33. The number of hydrogen-bond donors (Lipinski definition) is 1. The first kappa shape index (κ1) is 10.3. The van der Waals surface area contributed by atoms with E-state index in [9.17, 15) is 5.11 Å². The number of rotatable bonds is 0. The van der Waals surface area contributed by atoms with Gasteiger partial charge in [0.25, 0.3) is 0 Å². The predicted octanol–water partition coefficient (Wildman–Crippen LogP) is 2.35. The monoisotopic (exact) mass is 217 g/mol. The number of aliphatic hydroxyl groups excluding tert-OH is 1. The molecule has 16 heavy (non-hydrogen) atoms. The lowest BCUT2D eigenvalue weighted by molar-refractivity contribution is 0.139. The standard InChI is InChI=1S/C14H19NO/c1-9-5-11-8-15(2)7-10-3-4-13(16)12(6-9)14(10)11/h5-6,10,13,16H,3-4,7-8H2,1-2H3. The van der Waals surface area contributed by atoms with E-state index in [4.69, 9.17) is 0 Å². The Kier molecular flexibility index (Phi) is 2.30. The summed E-state index contributed by atoms with van der Waals surface area (Å²) in [6, 6.07) is 4.47. The van der Waals surface area contributed by atoms with Gasteiger partial charge in [0.05, 0.1) is 6.10 Å². The van der Waals surface area contributed by atoms with Crippen molar-refractivity contribution in [1.82, 2.24) is 4.90 Å². The fraction of sp³-hybridized carbons (Fsp3) is 0.571. The Morgan fingerprint density at radius 3 is 2.94 bits per heavy atom. The summed E-state index contributed by atoms with van der Waals surface area (Å²) in [5.74, 6) is 0.646. The highest BCUT2D eigenvalue weighted by molar-refractivity contribution is 5.45. The van der Waals surface area contributed by atoms with Crippen molar-refractivity contribution < 1.29 is 5.11 Å². The first-order valence-electron chi connectivity index (χ1n) is 6.15. The van der Waals surface area contributed by atoms with Crippen LogP contribution in [0.25, 0.3) is 0 Å². The van der Waals surface area contributed by atoms with Gasteiger partial charge in [-0.15, -0.1) is 0 Å². The Bertz CT molecular complexity index is 427. The van der Waals surface area contributed by atoms with E-state index in [1.54, 1.807) is 0 Å². The molecule has 2 unspecified atom stereocenters. The molecule has 0 radical (unpaired) electrons. The molecular weight excluding hydrogens is 198 g/mol. The summed E-state index contributed by atoms with van der Waals surface area (Å²) in [7, 11) is 2.19. The minimum Gasteiger partial charge on any atom is -0.388 e. The molecule has 86 valence electrons. The molecule has 0 saturated carbocycles. The molecule has 1 aliphatic heterocycles. The fourth-order valence-electron chi connectivity index (χ4n) is 3.38. The molecule has 0 amide bonds. The first-order valence-corrected chi connectivity index (χ1v) is 6.15. The van der Waals surface area contributed by atoms with Crippen molar-refractivity contribution >= 4 is 0 Å². The molecule has 1 aliphatic carbocycles. The molecule has 2 nitrogen and oxygen atoms in total. The highest BCUT2D eigenvalue weighted by Crippen LogP contribution is 2.42. The largest absolute Gasteiger partial charge is 0.388 e. The van der Waals surface area contributed by atoms with E-state index in [0.29, 0.717) is 5.92 Å². The van der Waals surface area contributed by atoms with Crippen molar-refractivity contribution in [2.24, 2.45) is 0 Å². The van der Waals surface area contributed by atoms with E-state index >= 15 is 0 Å². The molecule has 2 heteroatoms. The van der Waals surface area contributed by atoms with Gasteiger partial charge in [-0.25, -0.2) is 0 Å². The molecule has 2 aliphatic rings. The quantitative estimate of drug-likeness (QED) is 0.721. The maximum Gasteiger partial charge on any atom is 0.0793 e. The van der Waals surface area contributed by atoms with Crippen LogP contribution in [0.2, 0.25) is 0 Å². The van der Waals surface area contributed by atoms with Crippen LogP contribution >= 0.6 is 0 Å². The van der Waals surface area contributed by atoms with E-state index < -0.39 is 0 Å². The van der Waals surface area contributed by atoms with E-state index in [1.807, 2.05) is 0 Å². The minimum atomic E-state index is -0.228. The number of hydrogen-bond acceptors (Lipinski definition) is 2. The first-order chi connectivity index (χ1) is 7.65. The van der Waals surface area contributed by atoms with Crippen LogP contribution in [0.4, 0.5) is 0 Å². The molecule has 0 aromatic heterocycles. The molecule has 0 saturated heterocycles. The van der Waals surface area contributed by atoms with Crippen LogP contribution in [0.3, 0.4) is 0 Å². The molecule has 2 atom stereocenters. The molecule has 1 aromatic rings. The van der Waals surface area contributed by atoms with Gasteiger partial charge in [-0.2, -0.15) is 0 Å². The SMILES string of the molecule is Cc1cc2c3c(c1)C(O)CCC3CN(C)C2. The van der Waals surface area contributed by atoms with Gasteiger partial charge in [0, 0.05) is 13.1 Å². The van der Waals surface area contributed by atoms with Gasteiger partial charge < -0.3 is 10.0 Å². The van der Waals surface area contributed by atoms with Gasteiger partial charge in [-0.3, -0.25) is 0 Å². The van der Waals surface area contributed by atoms with Crippen molar-refractivity contribution in [1.29, 1.82) is 0 Å².